The molecule has 1 saturated carbocycles. The van der Waals surface area contributed by atoms with Crippen molar-refractivity contribution >= 4 is 5.91 Å². The van der Waals surface area contributed by atoms with Gasteiger partial charge in [-0.25, -0.2) is 0 Å². The molecule has 20 heavy (non-hydrogen) atoms. The summed E-state index contributed by atoms with van der Waals surface area (Å²) in [7, 11) is 0. The molecule has 0 aromatic rings. The molecule has 1 heterocycles. The lowest BCUT2D eigenvalue weighted by Gasteiger charge is -2.26. The maximum absolute atomic E-state index is 11.8. The quantitative estimate of drug-likeness (QED) is 0.733. The molecule has 0 bridgehead atoms. The largest absolute Gasteiger partial charge is 0.381 e. The van der Waals surface area contributed by atoms with Crippen LogP contribution in [0.15, 0.2) is 0 Å². The minimum absolute atomic E-state index is 0.133. The van der Waals surface area contributed by atoms with Gasteiger partial charge in [-0.2, -0.15) is 0 Å². The average molecular weight is 282 g/mol. The number of hydrogen-bond donors (Lipinski definition) is 2. The number of hydrogen-bond acceptors (Lipinski definition) is 3. The molecular formula is C16H30N2O2. The summed E-state index contributed by atoms with van der Waals surface area (Å²) in [5.74, 6) is 1.93. The second-order valence-electron chi connectivity index (χ2n) is 6.55. The molecule has 0 unspecified atom stereocenters. The van der Waals surface area contributed by atoms with Crippen molar-refractivity contribution in [2.45, 2.75) is 57.9 Å². The standard InChI is InChI=1S/C16H30N2O2/c1-13-2-4-14(5-3-13)6-9-17-12-16(19)18-15-7-10-20-11-8-15/h13-15,17H,2-12H2,1H3,(H,18,19). The van der Waals surface area contributed by atoms with Crippen LogP contribution in [-0.2, 0) is 9.53 Å². The zero-order valence-electron chi connectivity index (χ0n) is 12.8. The van der Waals surface area contributed by atoms with Crippen molar-refractivity contribution in [3.8, 4) is 0 Å². The summed E-state index contributed by atoms with van der Waals surface area (Å²) in [6.45, 7) is 5.34. The zero-order chi connectivity index (χ0) is 14.2. The summed E-state index contributed by atoms with van der Waals surface area (Å²) < 4.78 is 5.29. The first-order valence-corrected chi connectivity index (χ1v) is 8.32. The predicted octanol–water partition coefficient (Wildman–Crippen LogP) is 2.09. The molecular weight excluding hydrogens is 252 g/mol. The van der Waals surface area contributed by atoms with Crippen LogP contribution in [0.2, 0.25) is 0 Å². The maximum Gasteiger partial charge on any atom is 0.234 e. The number of carbonyl (C=O) groups is 1. The van der Waals surface area contributed by atoms with E-state index < -0.39 is 0 Å². The molecule has 0 aromatic heterocycles. The first kappa shape index (κ1) is 15.8. The van der Waals surface area contributed by atoms with Crippen LogP contribution < -0.4 is 10.6 Å². The molecule has 1 aliphatic heterocycles. The third-order valence-corrected chi connectivity index (χ3v) is 4.74. The van der Waals surface area contributed by atoms with Gasteiger partial charge in [0, 0.05) is 19.3 Å². The van der Waals surface area contributed by atoms with Gasteiger partial charge >= 0.3 is 0 Å². The van der Waals surface area contributed by atoms with E-state index in [1.54, 1.807) is 0 Å². The van der Waals surface area contributed by atoms with Crippen molar-refractivity contribution in [3.05, 3.63) is 0 Å². The van der Waals surface area contributed by atoms with Crippen LogP contribution in [-0.4, -0.2) is 38.3 Å². The fraction of sp³-hybridized carbons (Fsp3) is 0.938. The van der Waals surface area contributed by atoms with E-state index in [1.165, 1.54) is 32.1 Å². The number of nitrogens with one attached hydrogen (secondary N) is 2. The Morgan fingerprint density at radius 2 is 1.80 bits per heavy atom. The third-order valence-electron chi connectivity index (χ3n) is 4.74. The summed E-state index contributed by atoms with van der Waals surface area (Å²) in [6.07, 6.45) is 8.63. The lowest BCUT2D eigenvalue weighted by molar-refractivity contribution is -0.121. The summed E-state index contributed by atoms with van der Waals surface area (Å²) in [5.41, 5.74) is 0. The molecule has 2 fully saturated rings. The van der Waals surface area contributed by atoms with E-state index in [-0.39, 0.29) is 5.91 Å². The molecule has 0 aromatic carbocycles. The third kappa shape index (κ3) is 5.80. The van der Waals surface area contributed by atoms with E-state index in [2.05, 4.69) is 17.6 Å². The smallest absolute Gasteiger partial charge is 0.234 e. The van der Waals surface area contributed by atoms with Gasteiger partial charge in [0.2, 0.25) is 5.91 Å². The van der Waals surface area contributed by atoms with E-state index in [4.69, 9.17) is 4.74 Å². The molecule has 4 heteroatoms. The molecule has 1 aliphatic carbocycles. The van der Waals surface area contributed by atoms with Gasteiger partial charge in [0.15, 0.2) is 0 Å². The molecule has 2 aliphatic rings. The van der Waals surface area contributed by atoms with Gasteiger partial charge < -0.3 is 15.4 Å². The van der Waals surface area contributed by atoms with Crippen LogP contribution in [0.1, 0.15) is 51.9 Å². The molecule has 1 amide bonds. The Bertz CT molecular complexity index is 282. The van der Waals surface area contributed by atoms with Crippen LogP contribution in [0.4, 0.5) is 0 Å². The number of rotatable bonds is 6. The zero-order valence-corrected chi connectivity index (χ0v) is 12.8. The lowest BCUT2D eigenvalue weighted by Crippen LogP contribution is -2.43. The molecule has 0 radical (unpaired) electrons. The van der Waals surface area contributed by atoms with Crippen LogP contribution in [0, 0.1) is 11.8 Å². The van der Waals surface area contributed by atoms with Gasteiger partial charge in [-0.05, 0) is 37.6 Å². The number of carbonyl (C=O) groups excluding carboxylic acids is 1. The first-order chi connectivity index (χ1) is 9.74. The highest BCUT2D eigenvalue weighted by Crippen LogP contribution is 2.29. The second-order valence-corrected chi connectivity index (χ2v) is 6.55. The van der Waals surface area contributed by atoms with Crippen molar-refractivity contribution in [1.82, 2.24) is 10.6 Å². The van der Waals surface area contributed by atoms with Crippen molar-refractivity contribution in [2.75, 3.05) is 26.3 Å². The van der Waals surface area contributed by atoms with E-state index in [0.717, 1.165) is 44.4 Å². The van der Waals surface area contributed by atoms with Crippen molar-refractivity contribution in [2.24, 2.45) is 11.8 Å². The first-order valence-electron chi connectivity index (χ1n) is 8.32. The normalized spacial score (nSPS) is 28.2. The SMILES string of the molecule is CC1CCC(CCNCC(=O)NC2CCOCC2)CC1. The monoisotopic (exact) mass is 282 g/mol. The molecule has 116 valence electrons. The summed E-state index contributed by atoms with van der Waals surface area (Å²) in [6, 6.07) is 0.317. The van der Waals surface area contributed by atoms with Crippen LogP contribution in [0.25, 0.3) is 0 Å². The van der Waals surface area contributed by atoms with E-state index in [9.17, 15) is 4.79 Å². The Labute approximate surface area is 123 Å². The van der Waals surface area contributed by atoms with Crippen molar-refractivity contribution < 1.29 is 9.53 Å². The molecule has 2 N–H and O–H groups in total. The molecule has 0 atom stereocenters. The molecule has 0 spiro atoms. The highest BCUT2D eigenvalue weighted by molar-refractivity contribution is 5.78. The minimum atomic E-state index is 0.133. The van der Waals surface area contributed by atoms with Gasteiger partial charge in [0.25, 0.3) is 0 Å². The summed E-state index contributed by atoms with van der Waals surface area (Å²) in [5, 5.41) is 6.37. The highest BCUT2D eigenvalue weighted by atomic mass is 16.5. The Morgan fingerprint density at radius 1 is 1.10 bits per heavy atom. The fourth-order valence-electron chi connectivity index (χ4n) is 3.25. The van der Waals surface area contributed by atoms with E-state index in [1.807, 2.05) is 0 Å². The van der Waals surface area contributed by atoms with Crippen LogP contribution >= 0.6 is 0 Å². The summed E-state index contributed by atoms with van der Waals surface area (Å²) in [4.78, 5) is 11.8. The van der Waals surface area contributed by atoms with Gasteiger partial charge in [-0.15, -0.1) is 0 Å². The molecule has 1 saturated heterocycles. The Kier molecular flexibility index (Phi) is 6.80. The Balaban J connectivity index is 1.48. The van der Waals surface area contributed by atoms with Gasteiger partial charge in [0.05, 0.1) is 6.54 Å². The second kappa shape index (κ2) is 8.63. The minimum Gasteiger partial charge on any atom is -0.381 e. The van der Waals surface area contributed by atoms with Gasteiger partial charge in [-0.3, -0.25) is 4.79 Å². The average Bonchev–Trinajstić information content (AvgIpc) is 2.46. The summed E-state index contributed by atoms with van der Waals surface area (Å²) >= 11 is 0. The predicted molar refractivity (Wildman–Crippen MR) is 80.6 cm³/mol. The lowest BCUT2D eigenvalue weighted by atomic mass is 9.81. The Morgan fingerprint density at radius 3 is 2.50 bits per heavy atom. The number of ether oxygens (including phenoxy) is 1. The van der Waals surface area contributed by atoms with Crippen molar-refractivity contribution in [3.63, 3.8) is 0 Å². The van der Waals surface area contributed by atoms with Crippen LogP contribution in [0.3, 0.4) is 0 Å². The van der Waals surface area contributed by atoms with Gasteiger partial charge in [0.1, 0.15) is 0 Å². The van der Waals surface area contributed by atoms with E-state index >= 15 is 0 Å². The van der Waals surface area contributed by atoms with E-state index in [0.29, 0.717) is 12.6 Å². The number of amides is 1. The van der Waals surface area contributed by atoms with Crippen molar-refractivity contribution in [1.29, 1.82) is 0 Å². The topological polar surface area (TPSA) is 50.4 Å². The Hall–Kier alpha value is -0.610. The van der Waals surface area contributed by atoms with Crippen LogP contribution in [0.5, 0.6) is 0 Å². The molecule has 4 nitrogen and oxygen atoms in total. The van der Waals surface area contributed by atoms with Gasteiger partial charge in [-0.1, -0.05) is 32.6 Å². The molecule has 2 rings (SSSR count). The fourth-order valence-corrected chi connectivity index (χ4v) is 3.25. The highest BCUT2D eigenvalue weighted by Gasteiger charge is 2.18. The maximum atomic E-state index is 11.8.